The molecule has 0 atom stereocenters. The molecule has 0 radical (unpaired) electrons. The van der Waals surface area contributed by atoms with Crippen LogP contribution < -0.4 is 5.32 Å². The molecule has 1 N–H and O–H groups in total. The fourth-order valence-electron chi connectivity index (χ4n) is 1.70. The number of nitrogens with zero attached hydrogens (tertiary/aromatic N) is 2. The second-order valence-electron chi connectivity index (χ2n) is 4.30. The first-order chi connectivity index (χ1) is 8.04. The van der Waals surface area contributed by atoms with Crippen molar-refractivity contribution in [3.05, 3.63) is 22.0 Å². The van der Waals surface area contributed by atoms with Gasteiger partial charge in [0.1, 0.15) is 5.60 Å². The Balaban J connectivity index is 1.94. The van der Waals surface area contributed by atoms with Crippen molar-refractivity contribution in [3.63, 3.8) is 0 Å². The number of aromatic nitrogens is 1. The molecule has 1 aliphatic rings. The summed E-state index contributed by atoms with van der Waals surface area (Å²) in [6, 6.07) is 1.69. The summed E-state index contributed by atoms with van der Waals surface area (Å²) < 4.78 is 6.22. The molecule has 0 aromatic carbocycles. The highest BCUT2D eigenvalue weighted by Gasteiger charge is 2.41. The highest BCUT2D eigenvalue weighted by molar-refractivity contribution is 14.1. The molecule has 5 nitrogen and oxygen atoms in total. The lowest BCUT2D eigenvalue weighted by Crippen LogP contribution is -2.63. The summed E-state index contributed by atoms with van der Waals surface area (Å²) in [4.78, 5) is 17.6. The Kier molecular flexibility index (Phi) is 3.53. The fourth-order valence-corrected chi connectivity index (χ4v) is 2.18. The minimum atomic E-state index is -0.192. The summed E-state index contributed by atoms with van der Waals surface area (Å²) in [7, 11) is 1.67. The molecule has 1 saturated heterocycles. The Labute approximate surface area is 114 Å². The van der Waals surface area contributed by atoms with E-state index in [4.69, 9.17) is 4.74 Å². The summed E-state index contributed by atoms with van der Waals surface area (Å²) in [5.74, 6) is 0. The van der Waals surface area contributed by atoms with Gasteiger partial charge in [0.15, 0.2) is 0 Å². The van der Waals surface area contributed by atoms with Gasteiger partial charge < -0.3 is 15.0 Å². The summed E-state index contributed by atoms with van der Waals surface area (Å²) in [5, 5.41) is 2.86. The summed E-state index contributed by atoms with van der Waals surface area (Å²) in [5.41, 5.74) is 0.597. The first-order valence-corrected chi connectivity index (χ1v) is 6.32. The van der Waals surface area contributed by atoms with Crippen molar-refractivity contribution in [1.82, 2.24) is 9.88 Å². The van der Waals surface area contributed by atoms with Gasteiger partial charge in [0.05, 0.1) is 22.3 Å². The number of carbonyl (C=O) groups is 1. The number of halogens is 1. The van der Waals surface area contributed by atoms with E-state index in [1.807, 2.05) is 6.92 Å². The van der Waals surface area contributed by atoms with Gasteiger partial charge in [0.25, 0.3) is 0 Å². The topological polar surface area (TPSA) is 54.5 Å². The fraction of sp³-hybridized carbons (Fsp3) is 0.455. The average Bonchev–Trinajstić information content (AvgIpc) is 2.28. The Morgan fingerprint density at radius 3 is 2.94 bits per heavy atom. The molecule has 1 aromatic heterocycles. The monoisotopic (exact) mass is 347 g/mol. The molecule has 1 aromatic rings. The highest BCUT2D eigenvalue weighted by Crippen LogP contribution is 2.25. The van der Waals surface area contributed by atoms with Crippen molar-refractivity contribution in [2.24, 2.45) is 0 Å². The molecule has 1 fully saturated rings. The standard InChI is InChI=1S/C11H14IN3O2/c1-11(17-2)6-15(7-11)10(16)14-9-3-4-13-5-8(9)12/h3-5H,6-7H2,1-2H3,(H,13,14,16). The van der Waals surface area contributed by atoms with Gasteiger partial charge in [-0.25, -0.2) is 4.79 Å². The summed E-state index contributed by atoms with van der Waals surface area (Å²) in [6.07, 6.45) is 3.37. The molecule has 17 heavy (non-hydrogen) atoms. The Hall–Kier alpha value is -0.890. The number of ether oxygens (including phenoxy) is 1. The van der Waals surface area contributed by atoms with Gasteiger partial charge >= 0.3 is 6.03 Å². The number of methoxy groups -OCH3 is 1. The Bertz CT molecular complexity index is 432. The summed E-state index contributed by atoms with van der Waals surface area (Å²) in [6.45, 7) is 3.24. The predicted octanol–water partition coefficient (Wildman–Crippen LogP) is 1.94. The number of rotatable bonds is 2. The third kappa shape index (κ3) is 2.68. The number of likely N-dealkylation sites (tertiary alicyclic amines) is 1. The zero-order valence-corrected chi connectivity index (χ0v) is 11.9. The molecule has 2 amide bonds. The third-order valence-electron chi connectivity index (χ3n) is 2.84. The minimum absolute atomic E-state index is 0.0939. The van der Waals surface area contributed by atoms with Gasteiger partial charge in [0, 0.05) is 19.5 Å². The third-order valence-corrected chi connectivity index (χ3v) is 3.70. The van der Waals surface area contributed by atoms with Crippen LogP contribution in [0.5, 0.6) is 0 Å². The maximum Gasteiger partial charge on any atom is 0.322 e. The SMILES string of the molecule is COC1(C)CN(C(=O)Nc2ccncc2I)C1. The van der Waals surface area contributed by atoms with Crippen LogP contribution in [0.3, 0.4) is 0 Å². The molecular weight excluding hydrogens is 333 g/mol. The smallest absolute Gasteiger partial charge is 0.322 e. The second kappa shape index (κ2) is 4.77. The maximum absolute atomic E-state index is 11.9. The zero-order chi connectivity index (χ0) is 12.5. The van der Waals surface area contributed by atoms with Crippen molar-refractivity contribution >= 4 is 34.3 Å². The van der Waals surface area contributed by atoms with Gasteiger partial charge in [-0.05, 0) is 35.6 Å². The van der Waals surface area contributed by atoms with E-state index in [-0.39, 0.29) is 11.6 Å². The average molecular weight is 347 g/mol. The molecule has 92 valence electrons. The maximum atomic E-state index is 11.9. The van der Waals surface area contributed by atoms with Crippen LogP contribution in [0, 0.1) is 3.57 Å². The van der Waals surface area contributed by atoms with Crippen LogP contribution in [0.1, 0.15) is 6.92 Å². The Morgan fingerprint density at radius 2 is 2.35 bits per heavy atom. The van der Waals surface area contributed by atoms with Crippen LogP contribution in [0.2, 0.25) is 0 Å². The molecular formula is C11H14IN3O2. The molecule has 0 aliphatic carbocycles. The van der Waals surface area contributed by atoms with Crippen LogP contribution in [-0.2, 0) is 4.74 Å². The van der Waals surface area contributed by atoms with E-state index in [0.29, 0.717) is 13.1 Å². The molecule has 2 rings (SSSR count). The van der Waals surface area contributed by atoms with Crippen molar-refractivity contribution in [2.45, 2.75) is 12.5 Å². The Morgan fingerprint density at radius 1 is 1.65 bits per heavy atom. The molecule has 6 heteroatoms. The van der Waals surface area contributed by atoms with E-state index >= 15 is 0 Å². The molecule has 2 heterocycles. The van der Waals surface area contributed by atoms with E-state index in [9.17, 15) is 4.79 Å². The summed E-state index contributed by atoms with van der Waals surface area (Å²) >= 11 is 2.14. The van der Waals surface area contributed by atoms with Gasteiger partial charge in [-0.15, -0.1) is 0 Å². The van der Waals surface area contributed by atoms with E-state index in [0.717, 1.165) is 9.26 Å². The first-order valence-electron chi connectivity index (χ1n) is 5.25. The number of carbonyl (C=O) groups excluding carboxylic acids is 1. The number of nitrogens with one attached hydrogen (secondary N) is 1. The van der Waals surface area contributed by atoms with Gasteiger partial charge in [-0.1, -0.05) is 0 Å². The predicted molar refractivity (Wildman–Crippen MR) is 73.0 cm³/mol. The second-order valence-corrected chi connectivity index (χ2v) is 5.46. The van der Waals surface area contributed by atoms with E-state index in [1.54, 1.807) is 30.5 Å². The normalized spacial score (nSPS) is 17.5. The van der Waals surface area contributed by atoms with Crippen LogP contribution in [-0.4, -0.2) is 41.7 Å². The number of urea groups is 1. The van der Waals surface area contributed by atoms with Crippen molar-refractivity contribution in [3.8, 4) is 0 Å². The van der Waals surface area contributed by atoms with Crippen LogP contribution in [0.25, 0.3) is 0 Å². The van der Waals surface area contributed by atoms with E-state index < -0.39 is 0 Å². The van der Waals surface area contributed by atoms with Crippen molar-refractivity contribution < 1.29 is 9.53 Å². The van der Waals surface area contributed by atoms with Gasteiger partial charge in [0.2, 0.25) is 0 Å². The molecule has 0 bridgehead atoms. The van der Waals surface area contributed by atoms with Crippen LogP contribution in [0.4, 0.5) is 10.5 Å². The minimum Gasteiger partial charge on any atom is -0.375 e. The quantitative estimate of drug-likeness (QED) is 0.832. The van der Waals surface area contributed by atoms with Crippen molar-refractivity contribution in [2.75, 3.05) is 25.5 Å². The van der Waals surface area contributed by atoms with Gasteiger partial charge in [-0.2, -0.15) is 0 Å². The molecule has 1 aliphatic heterocycles. The zero-order valence-electron chi connectivity index (χ0n) is 9.74. The van der Waals surface area contributed by atoms with E-state index in [1.165, 1.54) is 0 Å². The van der Waals surface area contributed by atoms with E-state index in [2.05, 4.69) is 32.9 Å². The number of pyridine rings is 1. The largest absolute Gasteiger partial charge is 0.375 e. The highest BCUT2D eigenvalue weighted by atomic mass is 127. The lowest BCUT2D eigenvalue weighted by atomic mass is 9.97. The lowest BCUT2D eigenvalue weighted by molar-refractivity contribution is -0.0891. The number of amides is 2. The molecule has 0 unspecified atom stereocenters. The number of anilines is 1. The number of hydrogen-bond donors (Lipinski definition) is 1. The van der Waals surface area contributed by atoms with Gasteiger partial charge in [-0.3, -0.25) is 4.98 Å². The molecule has 0 spiro atoms. The van der Waals surface area contributed by atoms with Crippen LogP contribution >= 0.6 is 22.6 Å². The first kappa shape index (κ1) is 12.6. The number of hydrogen-bond acceptors (Lipinski definition) is 3. The molecule has 0 saturated carbocycles. The van der Waals surface area contributed by atoms with Crippen molar-refractivity contribution in [1.29, 1.82) is 0 Å². The lowest BCUT2D eigenvalue weighted by Gasteiger charge is -2.46. The van der Waals surface area contributed by atoms with Crippen LogP contribution in [0.15, 0.2) is 18.5 Å².